The molecule has 0 bridgehead atoms. The first-order chi connectivity index (χ1) is 11.8. The summed E-state index contributed by atoms with van der Waals surface area (Å²) in [5.74, 6) is 0. The van der Waals surface area contributed by atoms with Crippen LogP contribution in [0.4, 0.5) is 11.4 Å². The smallest absolute Gasteiger partial charge is 0.114 e. The summed E-state index contributed by atoms with van der Waals surface area (Å²) in [5, 5.41) is 13.8. The monoisotopic (exact) mass is 334 g/mol. The summed E-state index contributed by atoms with van der Waals surface area (Å²) in [6.07, 6.45) is 0. The van der Waals surface area contributed by atoms with Gasteiger partial charge in [0.15, 0.2) is 0 Å². The summed E-state index contributed by atoms with van der Waals surface area (Å²) in [5.41, 5.74) is 2.92. The molecular weight excluding hydrogens is 308 g/mol. The van der Waals surface area contributed by atoms with Gasteiger partial charge in [-0.15, -0.1) is 0 Å². The second kappa shape index (κ2) is 6.41. The van der Waals surface area contributed by atoms with E-state index in [4.69, 9.17) is 0 Å². The Balaban J connectivity index is 2.37. The maximum atomic E-state index is 11.4. The van der Waals surface area contributed by atoms with E-state index in [9.17, 15) is 5.11 Å². The van der Waals surface area contributed by atoms with Gasteiger partial charge in [0.25, 0.3) is 0 Å². The van der Waals surface area contributed by atoms with Crippen molar-refractivity contribution in [2.45, 2.75) is 12.5 Å². The van der Waals surface area contributed by atoms with Crippen LogP contribution in [-0.4, -0.2) is 33.3 Å². The quantitative estimate of drug-likeness (QED) is 0.773. The largest absolute Gasteiger partial charge is 0.381 e. The fourth-order valence-corrected chi connectivity index (χ4v) is 3.49. The average molecular weight is 334 g/mol. The van der Waals surface area contributed by atoms with Gasteiger partial charge < -0.3 is 14.9 Å². The van der Waals surface area contributed by atoms with Gasteiger partial charge in [0.05, 0.1) is 5.69 Å². The Labute approximate surface area is 150 Å². The lowest BCUT2D eigenvalue weighted by atomic mass is 9.85. The molecule has 0 amide bonds. The molecule has 0 saturated carbocycles. The third-order valence-corrected chi connectivity index (χ3v) is 4.79. The van der Waals surface area contributed by atoms with Gasteiger partial charge in [0.2, 0.25) is 0 Å². The Morgan fingerprint density at radius 1 is 0.760 bits per heavy atom. The Bertz CT molecular complexity index is 883. The van der Waals surface area contributed by atoms with Gasteiger partial charge >= 0.3 is 0 Å². The van der Waals surface area contributed by atoms with E-state index in [0.717, 1.165) is 27.9 Å². The van der Waals surface area contributed by atoms with Crippen LogP contribution in [0.25, 0.3) is 10.8 Å². The van der Waals surface area contributed by atoms with Crippen molar-refractivity contribution in [1.82, 2.24) is 0 Å². The molecule has 1 unspecified atom stereocenters. The summed E-state index contributed by atoms with van der Waals surface area (Å²) >= 11 is 0. The first kappa shape index (κ1) is 17.3. The molecule has 3 aromatic rings. The van der Waals surface area contributed by atoms with Gasteiger partial charge in [0.1, 0.15) is 5.60 Å². The van der Waals surface area contributed by atoms with Crippen LogP contribution in [0, 0.1) is 0 Å². The fourth-order valence-electron chi connectivity index (χ4n) is 3.49. The summed E-state index contributed by atoms with van der Waals surface area (Å²) < 4.78 is 0. The minimum Gasteiger partial charge on any atom is -0.381 e. The van der Waals surface area contributed by atoms with Crippen LogP contribution < -0.4 is 9.80 Å². The minimum absolute atomic E-state index is 0.889. The topological polar surface area (TPSA) is 26.7 Å². The molecule has 1 N–H and O–H groups in total. The van der Waals surface area contributed by atoms with Crippen molar-refractivity contribution in [3.8, 4) is 0 Å². The predicted octanol–water partition coefficient (Wildman–Crippen LogP) is 4.23. The summed E-state index contributed by atoms with van der Waals surface area (Å²) in [4.78, 5) is 4.22. The molecule has 0 aliphatic rings. The van der Waals surface area contributed by atoms with Crippen molar-refractivity contribution >= 4 is 22.1 Å². The molecule has 3 rings (SSSR count). The lowest BCUT2D eigenvalue weighted by Crippen LogP contribution is -2.26. The third kappa shape index (κ3) is 2.96. The maximum Gasteiger partial charge on any atom is 0.114 e. The highest BCUT2D eigenvalue weighted by Crippen LogP contribution is 2.42. The molecule has 130 valence electrons. The summed E-state index contributed by atoms with van der Waals surface area (Å²) in [6.45, 7) is 1.87. The SMILES string of the molecule is CN(C)c1cccc2ccc(C(C)(O)c3ccccc3)c(N(C)C)c12. The molecule has 0 aliphatic heterocycles. The van der Waals surface area contributed by atoms with Crippen LogP contribution in [0.1, 0.15) is 18.1 Å². The average Bonchev–Trinajstić information content (AvgIpc) is 2.60. The highest BCUT2D eigenvalue weighted by atomic mass is 16.3. The zero-order valence-corrected chi connectivity index (χ0v) is 15.6. The number of benzene rings is 3. The number of hydrogen-bond donors (Lipinski definition) is 1. The first-order valence-corrected chi connectivity index (χ1v) is 8.53. The number of aliphatic hydroxyl groups is 1. The number of hydrogen-bond acceptors (Lipinski definition) is 3. The van der Waals surface area contributed by atoms with E-state index >= 15 is 0 Å². The van der Waals surface area contributed by atoms with Crippen LogP contribution in [0.2, 0.25) is 0 Å². The van der Waals surface area contributed by atoms with E-state index in [0.29, 0.717) is 0 Å². The molecule has 0 heterocycles. The van der Waals surface area contributed by atoms with Crippen LogP contribution in [-0.2, 0) is 5.60 Å². The summed E-state index contributed by atoms with van der Waals surface area (Å²) in [6, 6.07) is 20.3. The molecule has 3 aromatic carbocycles. The van der Waals surface area contributed by atoms with E-state index in [-0.39, 0.29) is 0 Å². The highest BCUT2D eigenvalue weighted by Gasteiger charge is 2.30. The number of rotatable bonds is 4. The van der Waals surface area contributed by atoms with Gasteiger partial charge in [-0.2, -0.15) is 0 Å². The molecule has 0 aromatic heterocycles. The molecule has 0 saturated heterocycles. The van der Waals surface area contributed by atoms with Gasteiger partial charge in [-0.05, 0) is 23.9 Å². The van der Waals surface area contributed by atoms with Crippen LogP contribution >= 0.6 is 0 Å². The van der Waals surface area contributed by atoms with E-state index < -0.39 is 5.60 Å². The maximum absolute atomic E-state index is 11.4. The molecule has 0 aliphatic carbocycles. The van der Waals surface area contributed by atoms with E-state index in [1.165, 1.54) is 5.39 Å². The Kier molecular flexibility index (Phi) is 4.44. The Morgan fingerprint density at radius 2 is 1.44 bits per heavy atom. The molecule has 25 heavy (non-hydrogen) atoms. The van der Waals surface area contributed by atoms with Crippen molar-refractivity contribution in [3.05, 3.63) is 71.8 Å². The molecule has 0 fully saturated rings. The standard InChI is InChI=1S/C22H26N2O/c1-22(25,17-11-7-6-8-12-17)18-15-14-16-10-9-13-19(23(2)3)20(16)21(18)24(4)5/h6-15,25H,1-5H3. The van der Waals surface area contributed by atoms with Gasteiger partial charge in [-0.1, -0.05) is 54.6 Å². The minimum atomic E-state index is -1.07. The predicted molar refractivity (Wildman–Crippen MR) is 108 cm³/mol. The second-order valence-corrected chi connectivity index (χ2v) is 7.06. The fraction of sp³-hybridized carbons (Fsp3) is 0.273. The van der Waals surface area contributed by atoms with Gasteiger partial charge in [-0.3, -0.25) is 0 Å². The molecule has 1 atom stereocenters. The Morgan fingerprint density at radius 3 is 2.04 bits per heavy atom. The van der Waals surface area contributed by atoms with Crippen molar-refractivity contribution < 1.29 is 5.11 Å². The molecule has 0 radical (unpaired) electrons. The van der Waals surface area contributed by atoms with Crippen molar-refractivity contribution in [3.63, 3.8) is 0 Å². The van der Waals surface area contributed by atoms with E-state index in [1.54, 1.807) is 0 Å². The lowest BCUT2D eigenvalue weighted by Gasteiger charge is -2.32. The van der Waals surface area contributed by atoms with E-state index in [2.05, 4.69) is 48.2 Å². The van der Waals surface area contributed by atoms with Crippen LogP contribution in [0.3, 0.4) is 0 Å². The number of nitrogens with zero attached hydrogens (tertiary/aromatic N) is 2. The van der Waals surface area contributed by atoms with Gasteiger partial charge in [-0.25, -0.2) is 0 Å². The number of anilines is 2. The third-order valence-electron chi connectivity index (χ3n) is 4.79. The molecule has 3 heteroatoms. The first-order valence-electron chi connectivity index (χ1n) is 8.53. The molecular formula is C22H26N2O. The second-order valence-electron chi connectivity index (χ2n) is 7.06. The zero-order valence-electron chi connectivity index (χ0n) is 15.6. The molecule has 3 nitrogen and oxygen atoms in total. The van der Waals surface area contributed by atoms with Crippen molar-refractivity contribution in [2.24, 2.45) is 0 Å². The van der Waals surface area contributed by atoms with Crippen LogP contribution in [0.5, 0.6) is 0 Å². The summed E-state index contributed by atoms with van der Waals surface area (Å²) in [7, 11) is 8.17. The highest BCUT2D eigenvalue weighted by molar-refractivity contribution is 6.05. The van der Waals surface area contributed by atoms with Gasteiger partial charge in [0, 0.05) is 44.8 Å². The van der Waals surface area contributed by atoms with Crippen molar-refractivity contribution in [1.29, 1.82) is 0 Å². The molecule has 0 spiro atoms. The van der Waals surface area contributed by atoms with E-state index in [1.807, 2.05) is 57.4 Å². The van der Waals surface area contributed by atoms with Crippen molar-refractivity contribution in [2.75, 3.05) is 38.0 Å². The zero-order chi connectivity index (χ0) is 18.2. The normalized spacial score (nSPS) is 13.5. The lowest BCUT2D eigenvalue weighted by molar-refractivity contribution is 0.103. The number of fused-ring (bicyclic) bond motifs is 1. The Hall–Kier alpha value is -2.52. The van der Waals surface area contributed by atoms with Crippen LogP contribution in [0.15, 0.2) is 60.7 Å².